The van der Waals surface area contributed by atoms with Crippen molar-refractivity contribution in [1.29, 1.82) is 0 Å². The van der Waals surface area contributed by atoms with Gasteiger partial charge >= 0.3 is 0 Å². The van der Waals surface area contributed by atoms with Crippen molar-refractivity contribution in [1.82, 2.24) is 9.80 Å². The van der Waals surface area contributed by atoms with Crippen LogP contribution >= 0.6 is 39.3 Å². The minimum atomic E-state index is -0.799. The van der Waals surface area contributed by atoms with E-state index >= 15 is 0 Å². The number of anilines is 1. The predicted molar refractivity (Wildman–Crippen MR) is 172 cm³/mol. The molecule has 222 valence electrons. The fraction of sp³-hybridized carbons (Fsp3) is 0.406. The highest BCUT2D eigenvalue weighted by Crippen LogP contribution is 2.68. The standard InChI is InChI=1S/C32H35BrClN3O4S/c1-3-15-35(20-21-9-6-5-7-10-21)29(39)25-26-30(40)37(17-8-18-38)28(32(26)19-24(33)27(25)42-32)31(41)36(16-4-2)23-13-11-22(34)12-14-23/h3-7,9-14,24-28,38H,1-2,8,15-20H2/t24?,25-,26-,27-,28?,32?/m0/s1. The smallest absolute Gasteiger partial charge is 0.251 e. The van der Waals surface area contributed by atoms with Gasteiger partial charge in [-0.25, -0.2) is 0 Å². The van der Waals surface area contributed by atoms with Gasteiger partial charge in [-0.1, -0.05) is 70.0 Å². The lowest BCUT2D eigenvalue weighted by Gasteiger charge is -2.38. The van der Waals surface area contributed by atoms with E-state index < -0.39 is 22.6 Å². The number of alkyl halides is 1. The van der Waals surface area contributed by atoms with E-state index in [0.717, 1.165) is 5.56 Å². The van der Waals surface area contributed by atoms with Crippen molar-refractivity contribution in [2.24, 2.45) is 11.8 Å². The number of thioether (sulfide) groups is 1. The first kappa shape index (κ1) is 30.9. The molecule has 10 heteroatoms. The topological polar surface area (TPSA) is 81.2 Å². The molecule has 3 aliphatic rings. The average Bonchev–Trinajstić information content (AvgIpc) is 3.58. The minimum absolute atomic E-state index is 0.0423. The summed E-state index contributed by atoms with van der Waals surface area (Å²) in [6.45, 7) is 8.85. The first-order valence-corrected chi connectivity index (χ1v) is 16.3. The van der Waals surface area contributed by atoms with Gasteiger partial charge < -0.3 is 19.8 Å². The quantitative estimate of drug-likeness (QED) is 0.256. The maximum absolute atomic E-state index is 14.6. The summed E-state index contributed by atoms with van der Waals surface area (Å²) < 4.78 is -0.790. The summed E-state index contributed by atoms with van der Waals surface area (Å²) in [6, 6.07) is 16.0. The molecule has 5 rings (SSSR count). The number of likely N-dealkylation sites (tertiary alicyclic amines) is 1. The van der Waals surface area contributed by atoms with Crippen LogP contribution in [0, 0.1) is 11.8 Å². The number of hydrogen-bond acceptors (Lipinski definition) is 5. The summed E-state index contributed by atoms with van der Waals surface area (Å²) in [4.78, 5) is 48.2. The number of hydrogen-bond donors (Lipinski definition) is 1. The molecule has 0 aromatic heterocycles. The zero-order valence-electron chi connectivity index (χ0n) is 23.3. The molecule has 7 nitrogen and oxygen atoms in total. The number of halogens is 2. The SMILES string of the molecule is C=CCN(Cc1ccccc1)C(=O)[C@H]1[C@H]2C(=O)N(CCCO)C(C(=O)N(CC=C)c3ccc(Cl)cc3)C23CC(Br)[C@@H]1S3. The number of nitrogens with zero attached hydrogens (tertiary/aromatic N) is 3. The number of aliphatic hydroxyl groups is 1. The largest absolute Gasteiger partial charge is 0.396 e. The summed E-state index contributed by atoms with van der Waals surface area (Å²) in [5.74, 6) is -1.76. The molecule has 3 aliphatic heterocycles. The lowest BCUT2D eigenvalue weighted by atomic mass is 9.70. The van der Waals surface area contributed by atoms with Gasteiger partial charge in [0.05, 0.1) is 16.6 Å². The van der Waals surface area contributed by atoms with E-state index in [-0.39, 0.29) is 47.5 Å². The average molecular weight is 673 g/mol. The Morgan fingerprint density at radius 3 is 2.43 bits per heavy atom. The van der Waals surface area contributed by atoms with Crippen molar-refractivity contribution in [2.75, 3.05) is 31.1 Å². The van der Waals surface area contributed by atoms with Crippen molar-refractivity contribution in [3.8, 4) is 0 Å². The van der Waals surface area contributed by atoms with Gasteiger partial charge in [-0.2, -0.15) is 0 Å². The number of aliphatic hydroxyl groups excluding tert-OH is 1. The highest BCUT2D eigenvalue weighted by atomic mass is 79.9. The van der Waals surface area contributed by atoms with Crippen molar-refractivity contribution in [3.63, 3.8) is 0 Å². The van der Waals surface area contributed by atoms with Crippen LogP contribution in [0.1, 0.15) is 18.4 Å². The van der Waals surface area contributed by atoms with E-state index in [4.69, 9.17) is 11.6 Å². The molecule has 3 unspecified atom stereocenters. The fourth-order valence-electron chi connectivity index (χ4n) is 6.80. The zero-order chi connectivity index (χ0) is 30.0. The molecule has 0 saturated carbocycles. The van der Waals surface area contributed by atoms with Gasteiger partial charge in [-0.15, -0.1) is 24.9 Å². The zero-order valence-corrected chi connectivity index (χ0v) is 26.4. The van der Waals surface area contributed by atoms with E-state index in [9.17, 15) is 19.5 Å². The highest BCUT2D eigenvalue weighted by molar-refractivity contribution is 9.09. The van der Waals surface area contributed by atoms with Crippen molar-refractivity contribution in [3.05, 3.63) is 90.5 Å². The molecular formula is C32H35BrClN3O4S. The van der Waals surface area contributed by atoms with Crippen LogP contribution in [0.2, 0.25) is 5.02 Å². The number of carbonyl (C=O) groups is 3. The molecule has 1 N–H and O–H groups in total. The molecule has 2 aromatic rings. The fourth-order valence-corrected chi connectivity index (χ4v) is 10.5. The van der Waals surface area contributed by atoms with Crippen molar-refractivity contribution < 1.29 is 19.5 Å². The number of fused-ring (bicyclic) bond motifs is 1. The monoisotopic (exact) mass is 671 g/mol. The molecule has 3 amide bonds. The van der Waals surface area contributed by atoms with Gasteiger partial charge in [0.15, 0.2) is 0 Å². The Balaban J connectivity index is 1.54. The summed E-state index contributed by atoms with van der Waals surface area (Å²) >= 11 is 11.6. The number of benzene rings is 2. The number of amides is 3. The molecule has 0 aliphatic carbocycles. The van der Waals surface area contributed by atoms with Gasteiger partial charge in [0.25, 0.3) is 5.91 Å². The van der Waals surface area contributed by atoms with Gasteiger partial charge in [0.2, 0.25) is 11.8 Å². The predicted octanol–water partition coefficient (Wildman–Crippen LogP) is 4.92. The molecule has 6 atom stereocenters. The lowest BCUT2D eigenvalue weighted by Crippen LogP contribution is -2.56. The summed E-state index contributed by atoms with van der Waals surface area (Å²) in [5.41, 5.74) is 1.64. The van der Waals surface area contributed by atoms with Crippen LogP contribution in [0.15, 0.2) is 79.9 Å². The van der Waals surface area contributed by atoms with Crippen molar-refractivity contribution >= 4 is 62.7 Å². The third-order valence-corrected chi connectivity index (χ3v) is 11.9. The highest BCUT2D eigenvalue weighted by Gasteiger charge is 2.76. The van der Waals surface area contributed by atoms with Crippen LogP contribution in [0.4, 0.5) is 5.69 Å². The molecule has 2 bridgehead atoms. The van der Waals surface area contributed by atoms with Gasteiger partial charge in [-0.05, 0) is 42.7 Å². The number of rotatable bonds is 12. The third kappa shape index (κ3) is 5.45. The Morgan fingerprint density at radius 2 is 1.79 bits per heavy atom. The first-order valence-electron chi connectivity index (χ1n) is 14.1. The molecule has 3 heterocycles. The molecule has 42 heavy (non-hydrogen) atoms. The molecule has 1 spiro atoms. The Morgan fingerprint density at radius 1 is 1.10 bits per heavy atom. The van der Waals surface area contributed by atoms with Crippen LogP contribution in [-0.2, 0) is 20.9 Å². The van der Waals surface area contributed by atoms with Crippen molar-refractivity contribution in [2.45, 2.75) is 40.3 Å². The Bertz CT molecular complexity index is 1350. The summed E-state index contributed by atoms with van der Waals surface area (Å²) in [7, 11) is 0. The molecule has 3 fully saturated rings. The van der Waals surface area contributed by atoms with E-state index in [1.807, 2.05) is 30.3 Å². The van der Waals surface area contributed by atoms with Crippen LogP contribution < -0.4 is 4.90 Å². The van der Waals surface area contributed by atoms with E-state index in [0.29, 0.717) is 36.6 Å². The third-order valence-electron chi connectivity index (χ3n) is 8.46. The number of carbonyl (C=O) groups excluding carboxylic acids is 3. The van der Waals surface area contributed by atoms with Crippen LogP contribution in [0.5, 0.6) is 0 Å². The summed E-state index contributed by atoms with van der Waals surface area (Å²) in [6.07, 6.45) is 4.28. The second-order valence-corrected chi connectivity index (χ2v) is 14.1. The normalized spacial score (nSPS) is 27.5. The van der Waals surface area contributed by atoms with E-state index in [2.05, 4.69) is 29.1 Å². The first-order chi connectivity index (χ1) is 20.3. The second-order valence-electron chi connectivity index (χ2n) is 11.0. The molecular weight excluding hydrogens is 638 g/mol. The lowest BCUT2D eigenvalue weighted by molar-refractivity contribution is -0.144. The van der Waals surface area contributed by atoms with Gasteiger partial charge in [-0.3, -0.25) is 14.4 Å². The maximum atomic E-state index is 14.6. The van der Waals surface area contributed by atoms with Gasteiger partial charge in [0.1, 0.15) is 6.04 Å². The van der Waals surface area contributed by atoms with Crippen LogP contribution in [-0.4, -0.2) is 79.7 Å². The Hall–Kier alpha value is -2.59. The minimum Gasteiger partial charge on any atom is -0.396 e. The Labute approximate surface area is 264 Å². The molecule has 3 saturated heterocycles. The van der Waals surface area contributed by atoms with Gasteiger partial charge in [0, 0.05) is 53.6 Å². The van der Waals surface area contributed by atoms with E-state index in [1.54, 1.807) is 62.9 Å². The Kier molecular flexibility index (Phi) is 9.52. The maximum Gasteiger partial charge on any atom is 0.251 e. The molecule has 2 aromatic carbocycles. The second kappa shape index (κ2) is 13.0. The van der Waals surface area contributed by atoms with Crippen LogP contribution in [0.25, 0.3) is 0 Å². The van der Waals surface area contributed by atoms with E-state index in [1.165, 1.54) is 0 Å². The molecule has 0 radical (unpaired) electrons. The summed E-state index contributed by atoms with van der Waals surface area (Å²) in [5, 5.41) is 10.1. The van der Waals surface area contributed by atoms with Crippen LogP contribution in [0.3, 0.4) is 0 Å².